The van der Waals surface area contributed by atoms with Crippen molar-refractivity contribution in [3.05, 3.63) is 17.0 Å². The minimum absolute atomic E-state index is 0.449. The minimum atomic E-state index is 0.449. The molecule has 1 aliphatic carbocycles. The molecule has 124 valence electrons. The Kier molecular flexibility index (Phi) is 4.85. The molecule has 1 unspecified atom stereocenters. The fraction of sp³-hybridized carbons (Fsp3) is 0.824. The fourth-order valence-electron chi connectivity index (χ4n) is 3.96. The Morgan fingerprint density at radius 1 is 1.23 bits per heavy atom. The molecule has 1 aromatic rings. The maximum absolute atomic E-state index is 6.03. The lowest BCUT2D eigenvalue weighted by Gasteiger charge is -2.53. The third-order valence-corrected chi connectivity index (χ3v) is 5.71. The summed E-state index contributed by atoms with van der Waals surface area (Å²) >= 11 is 0. The van der Waals surface area contributed by atoms with Crippen LogP contribution < -0.4 is 0 Å². The SMILES string of the molecule is COCCOC1CCC12CCN(Cc1c(C)n[nH]c1C)CC2. The van der Waals surface area contributed by atoms with Crippen LogP contribution in [-0.2, 0) is 16.0 Å². The summed E-state index contributed by atoms with van der Waals surface area (Å²) in [7, 11) is 1.73. The lowest BCUT2D eigenvalue weighted by Crippen LogP contribution is -2.53. The number of rotatable bonds is 6. The van der Waals surface area contributed by atoms with Crippen molar-refractivity contribution in [1.29, 1.82) is 0 Å². The average molecular weight is 307 g/mol. The molecule has 1 aliphatic heterocycles. The molecule has 2 heterocycles. The van der Waals surface area contributed by atoms with Crippen LogP contribution in [0.4, 0.5) is 0 Å². The van der Waals surface area contributed by atoms with Crippen molar-refractivity contribution in [2.75, 3.05) is 33.4 Å². The fourth-order valence-corrected chi connectivity index (χ4v) is 3.96. The minimum Gasteiger partial charge on any atom is -0.382 e. The van der Waals surface area contributed by atoms with E-state index in [-0.39, 0.29) is 0 Å². The highest BCUT2D eigenvalue weighted by Gasteiger charge is 2.48. The van der Waals surface area contributed by atoms with Gasteiger partial charge in [-0.1, -0.05) is 0 Å². The van der Waals surface area contributed by atoms with E-state index in [4.69, 9.17) is 9.47 Å². The van der Waals surface area contributed by atoms with Crippen LogP contribution in [0.3, 0.4) is 0 Å². The standard InChI is InChI=1S/C17H29N3O2/c1-13-15(14(2)19-18-13)12-20-8-6-17(7-9-20)5-4-16(17)22-11-10-21-3/h16H,4-12H2,1-3H3,(H,18,19). The van der Waals surface area contributed by atoms with Gasteiger partial charge in [0.15, 0.2) is 0 Å². The summed E-state index contributed by atoms with van der Waals surface area (Å²) in [6.07, 6.45) is 5.55. The number of nitrogens with one attached hydrogen (secondary N) is 1. The Bertz CT molecular complexity index is 473. The van der Waals surface area contributed by atoms with Crippen molar-refractivity contribution >= 4 is 0 Å². The van der Waals surface area contributed by atoms with Crippen LogP contribution in [0.25, 0.3) is 0 Å². The molecular weight excluding hydrogens is 278 g/mol. The van der Waals surface area contributed by atoms with Crippen molar-refractivity contribution in [3.8, 4) is 0 Å². The molecule has 2 aliphatic rings. The predicted molar refractivity (Wildman–Crippen MR) is 85.9 cm³/mol. The van der Waals surface area contributed by atoms with Gasteiger partial charge in [0, 0.05) is 24.9 Å². The Balaban J connectivity index is 1.50. The van der Waals surface area contributed by atoms with Crippen molar-refractivity contribution in [3.63, 3.8) is 0 Å². The quantitative estimate of drug-likeness (QED) is 0.820. The highest BCUT2D eigenvalue weighted by atomic mass is 16.5. The van der Waals surface area contributed by atoms with Crippen LogP contribution in [0.2, 0.25) is 0 Å². The van der Waals surface area contributed by atoms with Crippen LogP contribution in [0.15, 0.2) is 0 Å². The summed E-state index contributed by atoms with van der Waals surface area (Å²) < 4.78 is 11.1. The van der Waals surface area contributed by atoms with Crippen molar-refractivity contribution in [2.24, 2.45) is 5.41 Å². The molecule has 3 rings (SSSR count). The third kappa shape index (κ3) is 3.07. The second-order valence-electron chi connectivity index (χ2n) is 6.94. The summed E-state index contributed by atoms with van der Waals surface area (Å²) in [6, 6.07) is 0. The van der Waals surface area contributed by atoms with Crippen molar-refractivity contribution < 1.29 is 9.47 Å². The van der Waals surface area contributed by atoms with Gasteiger partial charge in [-0.25, -0.2) is 0 Å². The summed E-state index contributed by atoms with van der Waals surface area (Å²) in [4.78, 5) is 2.57. The number of hydrogen-bond donors (Lipinski definition) is 1. The van der Waals surface area contributed by atoms with E-state index < -0.39 is 0 Å². The first kappa shape index (κ1) is 16.0. The van der Waals surface area contributed by atoms with Gasteiger partial charge in [0.2, 0.25) is 0 Å². The highest BCUT2D eigenvalue weighted by Crippen LogP contribution is 2.50. The molecule has 0 amide bonds. The van der Waals surface area contributed by atoms with E-state index in [0.717, 1.165) is 18.8 Å². The first-order chi connectivity index (χ1) is 10.6. The topological polar surface area (TPSA) is 50.4 Å². The molecule has 1 spiro atoms. The molecule has 0 radical (unpaired) electrons. The number of piperidine rings is 1. The number of nitrogens with zero attached hydrogens (tertiary/aromatic N) is 2. The monoisotopic (exact) mass is 307 g/mol. The van der Waals surface area contributed by atoms with Gasteiger partial charge < -0.3 is 9.47 Å². The number of H-pyrrole nitrogens is 1. The van der Waals surface area contributed by atoms with Crippen molar-refractivity contribution in [2.45, 2.75) is 52.2 Å². The largest absolute Gasteiger partial charge is 0.382 e. The predicted octanol–water partition coefficient (Wildman–Crippen LogP) is 2.43. The van der Waals surface area contributed by atoms with Gasteiger partial charge in [-0.3, -0.25) is 10.00 Å². The lowest BCUT2D eigenvalue weighted by molar-refractivity contribution is -0.143. The van der Waals surface area contributed by atoms with Gasteiger partial charge in [-0.2, -0.15) is 5.10 Å². The van der Waals surface area contributed by atoms with E-state index >= 15 is 0 Å². The average Bonchev–Trinajstić information content (AvgIpc) is 2.83. The molecular formula is C17H29N3O2. The first-order valence-electron chi connectivity index (χ1n) is 8.48. The van der Waals surface area contributed by atoms with Gasteiger partial charge in [-0.05, 0) is 58.0 Å². The normalized spacial score (nSPS) is 24.6. The maximum Gasteiger partial charge on any atom is 0.0704 e. The molecule has 0 aromatic carbocycles. The summed E-state index contributed by atoms with van der Waals surface area (Å²) in [6.45, 7) is 9.03. The lowest BCUT2D eigenvalue weighted by atomic mass is 9.60. The Morgan fingerprint density at radius 2 is 2.00 bits per heavy atom. The number of methoxy groups -OCH3 is 1. The third-order valence-electron chi connectivity index (χ3n) is 5.71. The molecule has 1 atom stereocenters. The van der Waals surface area contributed by atoms with E-state index in [1.165, 1.54) is 50.0 Å². The second-order valence-corrected chi connectivity index (χ2v) is 6.94. The number of likely N-dealkylation sites (tertiary alicyclic amines) is 1. The van der Waals surface area contributed by atoms with Gasteiger partial charge in [0.05, 0.1) is 25.0 Å². The molecule has 1 saturated heterocycles. The Morgan fingerprint density at radius 3 is 2.55 bits per heavy atom. The van der Waals surface area contributed by atoms with Crippen LogP contribution in [0, 0.1) is 19.3 Å². The molecule has 5 heteroatoms. The molecule has 5 nitrogen and oxygen atoms in total. The number of aryl methyl sites for hydroxylation is 2. The zero-order chi connectivity index (χ0) is 15.6. The number of hydrogen-bond acceptors (Lipinski definition) is 4. The number of ether oxygens (including phenoxy) is 2. The van der Waals surface area contributed by atoms with Crippen molar-refractivity contribution in [1.82, 2.24) is 15.1 Å². The second kappa shape index (κ2) is 6.69. The van der Waals surface area contributed by atoms with Gasteiger partial charge in [0.25, 0.3) is 0 Å². The molecule has 1 aromatic heterocycles. The maximum atomic E-state index is 6.03. The first-order valence-corrected chi connectivity index (χ1v) is 8.48. The van der Waals surface area contributed by atoms with E-state index in [0.29, 0.717) is 18.1 Å². The summed E-state index contributed by atoms with van der Waals surface area (Å²) in [5.74, 6) is 0. The molecule has 1 saturated carbocycles. The molecule has 22 heavy (non-hydrogen) atoms. The smallest absolute Gasteiger partial charge is 0.0704 e. The van der Waals surface area contributed by atoms with Crippen LogP contribution in [0.1, 0.15) is 42.6 Å². The van der Waals surface area contributed by atoms with Gasteiger partial charge in [0.1, 0.15) is 0 Å². The number of aromatic nitrogens is 2. The summed E-state index contributed by atoms with van der Waals surface area (Å²) in [5.41, 5.74) is 4.17. The zero-order valence-corrected chi connectivity index (χ0v) is 14.2. The van der Waals surface area contributed by atoms with Gasteiger partial charge in [-0.15, -0.1) is 0 Å². The molecule has 2 fully saturated rings. The number of aromatic amines is 1. The summed E-state index contributed by atoms with van der Waals surface area (Å²) in [5, 5.41) is 7.40. The van der Waals surface area contributed by atoms with E-state index in [1.807, 2.05) is 0 Å². The molecule has 1 N–H and O–H groups in total. The van der Waals surface area contributed by atoms with Crippen LogP contribution in [0.5, 0.6) is 0 Å². The van der Waals surface area contributed by atoms with E-state index in [2.05, 4.69) is 28.9 Å². The van der Waals surface area contributed by atoms with E-state index in [9.17, 15) is 0 Å². The Labute approximate surface area is 133 Å². The molecule has 0 bridgehead atoms. The van der Waals surface area contributed by atoms with Crippen LogP contribution >= 0.6 is 0 Å². The highest BCUT2D eigenvalue weighted by molar-refractivity contribution is 5.23. The Hall–Kier alpha value is -0.910. The van der Waals surface area contributed by atoms with Gasteiger partial charge >= 0.3 is 0 Å². The van der Waals surface area contributed by atoms with E-state index in [1.54, 1.807) is 7.11 Å². The van der Waals surface area contributed by atoms with Crippen LogP contribution in [-0.4, -0.2) is 54.6 Å². The zero-order valence-electron chi connectivity index (χ0n) is 14.2.